The third kappa shape index (κ3) is 2.95. The lowest BCUT2D eigenvalue weighted by Gasteiger charge is -2.21. The highest BCUT2D eigenvalue weighted by Crippen LogP contribution is 2.24. The van der Waals surface area contributed by atoms with Crippen LogP contribution >= 0.6 is 0 Å². The maximum absolute atomic E-state index is 5.93. The number of hydrogen-bond acceptors (Lipinski definition) is 1. The fraction of sp³-hybridized carbons (Fsp3) is 0.438. The van der Waals surface area contributed by atoms with E-state index in [-0.39, 0.29) is 5.54 Å². The number of fused-ring (bicyclic) bond motifs is 1. The highest BCUT2D eigenvalue weighted by atomic mass is 15.1. The van der Waals surface area contributed by atoms with Gasteiger partial charge in [-0.15, -0.1) is 0 Å². The number of aliphatic imine (C=N–C) groups is 1. The molecule has 1 aromatic heterocycles. The summed E-state index contributed by atoms with van der Waals surface area (Å²) >= 11 is 0. The van der Waals surface area contributed by atoms with Crippen LogP contribution in [0.15, 0.2) is 29.3 Å². The second-order valence-corrected chi connectivity index (χ2v) is 6.22. The zero-order valence-corrected chi connectivity index (χ0v) is 13.0. The number of aromatic nitrogens is 1. The van der Waals surface area contributed by atoms with Gasteiger partial charge in [0.1, 0.15) is 0 Å². The van der Waals surface area contributed by atoms with Crippen LogP contribution in [0.4, 0.5) is 0 Å². The summed E-state index contributed by atoms with van der Waals surface area (Å²) in [5.74, 6) is 0.488. The van der Waals surface area contributed by atoms with Crippen LogP contribution in [0.1, 0.15) is 32.0 Å². The Bertz CT molecular complexity index is 605. The van der Waals surface area contributed by atoms with Crippen molar-refractivity contribution in [2.24, 2.45) is 17.8 Å². The minimum Gasteiger partial charge on any atom is -0.370 e. The van der Waals surface area contributed by atoms with Crippen LogP contribution in [0.2, 0.25) is 0 Å². The van der Waals surface area contributed by atoms with Gasteiger partial charge in [-0.3, -0.25) is 0 Å². The fourth-order valence-electron chi connectivity index (χ4n) is 2.44. The molecule has 1 aromatic carbocycles. The minimum absolute atomic E-state index is 0.0679. The molecule has 3 N–H and O–H groups in total. The molecule has 4 heteroatoms. The van der Waals surface area contributed by atoms with E-state index in [2.05, 4.69) is 73.9 Å². The summed E-state index contributed by atoms with van der Waals surface area (Å²) < 4.78 is 2.19. The van der Waals surface area contributed by atoms with Gasteiger partial charge in [-0.05, 0) is 39.3 Å². The van der Waals surface area contributed by atoms with Crippen LogP contribution in [0.3, 0.4) is 0 Å². The standard InChI is InChI=1S/C16H24N4/c1-11-12-8-6-7-9-13(12)20(5)14(11)10-18-15(17)19-16(2,3)4/h6-9H,10H2,1-5H3,(H3,17,18,19). The second-order valence-electron chi connectivity index (χ2n) is 6.22. The lowest BCUT2D eigenvalue weighted by atomic mass is 10.1. The molecule has 20 heavy (non-hydrogen) atoms. The van der Waals surface area contributed by atoms with Crippen molar-refractivity contribution in [1.29, 1.82) is 0 Å². The first-order chi connectivity index (χ1) is 9.29. The molecule has 0 atom stereocenters. The molecule has 0 aliphatic carbocycles. The third-order valence-corrected chi connectivity index (χ3v) is 3.41. The third-order valence-electron chi connectivity index (χ3n) is 3.41. The summed E-state index contributed by atoms with van der Waals surface area (Å²) in [5, 5.41) is 4.46. The van der Waals surface area contributed by atoms with Gasteiger partial charge in [0.25, 0.3) is 0 Å². The van der Waals surface area contributed by atoms with Gasteiger partial charge in [0.05, 0.1) is 6.54 Å². The zero-order valence-electron chi connectivity index (χ0n) is 13.0. The Kier molecular flexibility index (Phi) is 3.75. The van der Waals surface area contributed by atoms with E-state index in [1.54, 1.807) is 0 Å². The molecule has 0 fully saturated rings. The van der Waals surface area contributed by atoms with E-state index in [4.69, 9.17) is 5.73 Å². The first kappa shape index (κ1) is 14.4. The average Bonchev–Trinajstić information content (AvgIpc) is 2.59. The summed E-state index contributed by atoms with van der Waals surface area (Å²) in [5.41, 5.74) is 9.57. The summed E-state index contributed by atoms with van der Waals surface area (Å²) in [6.45, 7) is 8.93. The van der Waals surface area contributed by atoms with E-state index < -0.39 is 0 Å². The molecular formula is C16H24N4. The molecule has 0 saturated heterocycles. The van der Waals surface area contributed by atoms with E-state index in [1.165, 1.54) is 22.2 Å². The smallest absolute Gasteiger partial charge is 0.189 e. The van der Waals surface area contributed by atoms with Crippen LogP contribution < -0.4 is 11.1 Å². The van der Waals surface area contributed by atoms with Crippen molar-refractivity contribution in [2.45, 2.75) is 39.8 Å². The molecular weight excluding hydrogens is 248 g/mol. The maximum atomic E-state index is 5.93. The molecule has 0 unspecified atom stereocenters. The van der Waals surface area contributed by atoms with Crippen molar-refractivity contribution < 1.29 is 0 Å². The topological polar surface area (TPSA) is 55.3 Å². The molecule has 0 spiro atoms. The van der Waals surface area contributed by atoms with Gasteiger partial charge in [-0.1, -0.05) is 18.2 Å². The Labute approximate surface area is 120 Å². The maximum Gasteiger partial charge on any atom is 0.189 e. The predicted octanol–water partition coefficient (Wildman–Crippen LogP) is 2.69. The molecule has 1 heterocycles. The van der Waals surface area contributed by atoms with Crippen LogP contribution in [-0.4, -0.2) is 16.1 Å². The van der Waals surface area contributed by atoms with Crippen LogP contribution in [0.25, 0.3) is 10.9 Å². The molecule has 0 amide bonds. The molecule has 108 valence electrons. The van der Waals surface area contributed by atoms with Gasteiger partial charge in [-0.25, -0.2) is 4.99 Å². The van der Waals surface area contributed by atoms with Gasteiger partial charge in [0, 0.05) is 29.2 Å². The van der Waals surface area contributed by atoms with Crippen molar-refractivity contribution in [2.75, 3.05) is 0 Å². The first-order valence-corrected chi connectivity index (χ1v) is 6.90. The number of nitrogens with two attached hydrogens (primary N) is 1. The predicted molar refractivity (Wildman–Crippen MR) is 85.9 cm³/mol. The number of guanidine groups is 1. The second kappa shape index (κ2) is 5.19. The molecule has 0 bridgehead atoms. The van der Waals surface area contributed by atoms with Gasteiger partial charge < -0.3 is 15.6 Å². The highest BCUT2D eigenvalue weighted by molar-refractivity contribution is 5.85. The van der Waals surface area contributed by atoms with Gasteiger partial charge in [-0.2, -0.15) is 0 Å². The van der Waals surface area contributed by atoms with E-state index in [0.29, 0.717) is 12.5 Å². The lowest BCUT2D eigenvalue weighted by molar-refractivity contribution is 0.508. The monoisotopic (exact) mass is 272 g/mol. The average molecular weight is 272 g/mol. The van der Waals surface area contributed by atoms with E-state index in [9.17, 15) is 0 Å². The van der Waals surface area contributed by atoms with Crippen molar-refractivity contribution >= 4 is 16.9 Å². The Hall–Kier alpha value is -1.97. The first-order valence-electron chi connectivity index (χ1n) is 6.90. The van der Waals surface area contributed by atoms with Crippen LogP contribution in [0, 0.1) is 6.92 Å². The summed E-state index contributed by atoms with van der Waals surface area (Å²) in [6, 6.07) is 8.41. The van der Waals surface area contributed by atoms with E-state index in [0.717, 1.165) is 0 Å². The number of nitrogens with zero attached hydrogens (tertiary/aromatic N) is 2. The zero-order chi connectivity index (χ0) is 14.9. The lowest BCUT2D eigenvalue weighted by Crippen LogP contribution is -2.45. The largest absolute Gasteiger partial charge is 0.370 e. The Morgan fingerprint density at radius 1 is 1.30 bits per heavy atom. The molecule has 4 nitrogen and oxygen atoms in total. The van der Waals surface area contributed by atoms with Gasteiger partial charge in [0.2, 0.25) is 0 Å². The SMILES string of the molecule is Cc1c(CN=C(N)NC(C)(C)C)n(C)c2ccccc12. The molecule has 2 rings (SSSR count). The fourth-order valence-corrected chi connectivity index (χ4v) is 2.44. The van der Waals surface area contributed by atoms with E-state index >= 15 is 0 Å². The van der Waals surface area contributed by atoms with Crippen LogP contribution in [-0.2, 0) is 13.6 Å². The Morgan fingerprint density at radius 2 is 1.95 bits per heavy atom. The Morgan fingerprint density at radius 3 is 2.55 bits per heavy atom. The van der Waals surface area contributed by atoms with Crippen molar-refractivity contribution in [1.82, 2.24) is 9.88 Å². The minimum atomic E-state index is -0.0679. The van der Waals surface area contributed by atoms with Crippen molar-refractivity contribution in [3.8, 4) is 0 Å². The summed E-state index contributed by atoms with van der Waals surface area (Å²) in [4.78, 5) is 4.46. The number of nitrogens with one attached hydrogen (secondary N) is 1. The normalized spacial score (nSPS) is 12.9. The quantitative estimate of drug-likeness (QED) is 0.652. The highest BCUT2D eigenvalue weighted by Gasteiger charge is 2.12. The molecule has 0 aliphatic rings. The summed E-state index contributed by atoms with van der Waals surface area (Å²) in [6.07, 6.45) is 0. The summed E-state index contributed by atoms with van der Waals surface area (Å²) in [7, 11) is 2.08. The van der Waals surface area contributed by atoms with Gasteiger partial charge in [0.15, 0.2) is 5.96 Å². The molecule has 0 saturated carbocycles. The Balaban J connectivity index is 2.29. The molecule has 0 radical (unpaired) electrons. The number of rotatable bonds is 2. The number of aryl methyl sites for hydroxylation is 2. The van der Waals surface area contributed by atoms with Gasteiger partial charge >= 0.3 is 0 Å². The van der Waals surface area contributed by atoms with Crippen molar-refractivity contribution in [3.63, 3.8) is 0 Å². The van der Waals surface area contributed by atoms with Crippen molar-refractivity contribution in [3.05, 3.63) is 35.5 Å². The number of hydrogen-bond donors (Lipinski definition) is 2. The number of benzene rings is 1. The van der Waals surface area contributed by atoms with E-state index in [1.807, 2.05) is 0 Å². The number of para-hydroxylation sites is 1. The molecule has 0 aliphatic heterocycles. The van der Waals surface area contributed by atoms with Crippen LogP contribution in [0.5, 0.6) is 0 Å². The molecule has 2 aromatic rings.